The highest BCUT2D eigenvalue weighted by atomic mass is 19.4. The largest absolute Gasteiger partial charge is 0.481 e. The van der Waals surface area contributed by atoms with Gasteiger partial charge in [0.25, 0.3) is 5.91 Å². The number of nitrogens with one attached hydrogen (secondary N) is 1. The summed E-state index contributed by atoms with van der Waals surface area (Å²) < 4.78 is 51.1. The number of rotatable bonds is 5. The van der Waals surface area contributed by atoms with Crippen LogP contribution in [0.4, 0.5) is 17.6 Å². The lowest BCUT2D eigenvalue weighted by Crippen LogP contribution is -2.41. The molecular weight excluding hydrogens is 306 g/mol. The molecule has 1 aromatic carbocycles. The van der Waals surface area contributed by atoms with E-state index in [1.54, 1.807) is 0 Å². The topological polar surface area (TPSA) is 66.4 Å². The number of aliphatic carboxylic acids is 1. The predicted octanol–water partition coefficient (Wildman–Crippen LogP) is 2.94. The number of hydrogen-bond donors (Lipinski definition) is 2. The van der Waals surface area contributed by atoms with Crippen molar-refractivity contribution in [2.24, 2.45) is 5.92 Å². The average molecular weight is 321 g/mol. The maximum Gasteiger partial charge on any atom is 0.416 e. The van der Waals surface area contributed by atoms with Crippen molar-refractivity contribution >= 4 is 11.9 Å². The first-order valence-electron chi connectivity index (χ1n) is 6.38. The predicted molar refractivity (Wildman–Crippen MR) is 69.7 cm³/mol. The standard InChI is InChI=1S/C14H15F4NO3/c1-7(13(21)22)8(2)19-12(20)11(15)9-3-5-10(6-4-9)14(16,17)18/h3-8,11H,1-2H3,(H,19,20)(H,21,22). The molecule has 0 radical (unpaired) electrons. The fraction of sp³-hybridized carbons (Fsp3) is 0.429. The highest BCUT2D eigenvalue weighted by Gasteiger charge is 2.31. The minimum atomic E-state index is -4.54. The molecule has 0 fully saturated rings. The van der Waals surface area contributed by atoms with Crippen LogP contribution in [0.15, 0.2) is 24.3 Å². The summed E-state index contributed by atoms with van der Waals surface area (Å²) in [6.45, 7) is 2.74. The summed E-state index contributed by atoms with van der Waals surface area (Å²) in [5, 5.41) is 11.0. The van der Waals surface area contributed by atoms with Gasteiger partial charge in [-0.05, 0) is 31.5 Å². The molecule has 0 saturated carbocycles. The highest BCUT2D eigenvalue weighted by Crippen LogP contribution is 2.30. The zero-order valence-electron chi connectivity index (χ0n) is 11.8. The number of carboxylic acids is 1. The maximum atomic E-state index is 13.9. The van der Waals surface area contributed by atoms with E-state index in [1.165, 1.54) is 13.8 Å². The van der Waals surface area contributed by atoms with Crippen molar-refractivity contribution in [1.29, 1.82) is 0 Å². The molecule has 0 saturated heterocycles. The molecule has 22 heavy (non-hydrogen) atoms. The quantitative estimate of drug-likeness (QED) is 0.820. The zero-order valence-corrected chi connectivity index (χ0v) is 11.8. The van der Waals surface area contributed by atoms with E-state index in [0.29, 0.717) is 12.1 Å². The Kier molecular flexibility index (Phi) is 5.51. The molecule has 4 nitrogen and oxygen atoms in total. The monoisotopic (exact) mass is 321 g/mol. The third kappa shape index (κ3) is 4.44. The minimum absolute atomic E-state index is 0.235. The van der Waals surface area contributed by atoms with Gasteiger partial charge >= 0.3 is 12.1 Å². The van der Waals surface area contributed by atoms with Crippen molar-refractivity contribution in [3.05, 3.63) is 35.4 Å². The summed E-state index contributed by atoms with van der Waals surface area (Å²) in [6.07, 6.45) is -6.72. The Hall–Kier alpha value is -2.12. The molecular formula is C14H15F4NO3. The van der Waals surface area contributed by atoms with Crippen LogP contribution in [0.25, 0.3) is 0 Å². The molecule has 0 spiro atoms. The van der Waals surface area contributed by atoms with Gasteiger partial charge in [-0.2, -0.15) is 13.2 Å². The molecule has 0 aliphatic heterocycles. The molecule has 0 bridgehead atoms. The second-order valence-electron chi connectivity index (χ2n) is 4.91. The smallest absolute Gasteiger partial charge is 0.416 e. The number of alkyl halides is 4. The van der Waals surface area contributed by atoms with E-state index in [4.69, 9.17) is 5.11 Å². The van der Waals surface area contributed by atoms with Gasteiger partial charge in [-0.25, -0.2) is 4.39 Å². The van der Waals surface area contributed by atoms with Gasteiger partial charge in [-0.3, -0.25) is 9.59 Å². The second-order valence-corrected chi connectivity index (χ2v) is 4.91. The van der Waals surface area contributed by atoms with Crippen LogP contribution in [0.2, 0.25) is 0 Å². The Morgan fingerprint density at radius 2 is 1.64 bits per heavy atom. The Balaban J connectivity index is 2.77. The Bertz CT molecular complexity index is 542. The van der Waals surface area contributed by atoms with E-state index < -0.39 is 41.7 Å². The van der Waals surface area contributed by atoms with Crippen LogP contribution in [-0.4, -0.2) is 23.0 Å². The molecule has 8 heteroatoms. The fourth-order valence-corrected chi connectivity index (χ4v) is 1.63. The molecule has 122 valence electrons. The van der Waals surface area contributed by atoms with Crippen molar-refractivity contribution in [3.8, 4) is 0 Å². The fourth-order valence-electron chi connectivity index (χ4n) is 1.63. The van der Waals surface area contributed by atoms with Crippen molar-refractivity contribution in [2.45, 2.75) is 32.2 Å². The van der Waals surface area contributed by atoms with Crippen LogP contribution in [0, 0.1) is 5.92 Å². The van der Waals surface area contributed by atoms with E-state index in [1.807, 2.05) is 0 Å². The third-order valence-electron chi connectivity index (χ3n) is 3.27. The number of benzene rings is 1. The second kappa shape index (κ2) is 6.76. The summed E-state index contributed by atoms with van der Waals surface area (Å²) in [7, 11) is 0. The van der Waals surface area contributed by atoms with Crippen LogP contribution in [0.3, 0.4) is 0 Å². The number of carbonyl (C=O) groups is 2. The van der Waals surface area contributed by atoms with E-state index in [0.717, 1.165) is 12.1 Å². The Morgan fingerprint density at radius 1 is 1.14 bits per heavy atom. The molecule has 1 amide bonds. The number of carbonyl (C=O) groups excluding carboxylic acids is 1. The number of hydrogen-bond acceptors (Lipinski definition) is 2. The van der Waals surface area contributed by atoms with E-state index >= 15 is 0 Å². The Morgan fingerprint density at radius 3 is 2.05 bits per heavy atom. The molecule has 1 rings (SSSR count). The zero-order chi connectivity index (χ0) is 17.1. The van der Waals surface area contributed by atoms with E-state index in [9.17, 15) is 27.2 Å². The summed E-state index contributed by atoms with van der Waals surface area (Å²) in [5.74, 6) is -3.18. The first-order chi connectivity index (χ1) is 10.0. The van der Waals surface area contributed by atoms with Crippen LogP contribution in [-0.2, 0) is 15.8 Å². The number of amides is 1. The van der Waals surface area contributed by atoms with E-state index in [2.05, 4.69) is 5.32 Å². The summed E-state index contributed by atoms with van der Waals surface area (Å²) in [5.41, 5.74) is -1.18. The molecule has 0 aromatic heterocycles. The van der Waals surface area contributed by atoms with Crippen LogP contribution in [0.1, 0.15) is 31.1 Å². The van der Waals surface area contributed by atoms with Crippen molar-refractivity contribution in [2.75, 3.05) is 0 Å². The molecule has 3 unspecified atom stereocenters. The van der Waals surface area contributed by atoms with Crippen LogP contribution in [0.5, 0.6) is 0 Å². The van der Waals surface area contributed by atoms with Gasteiger partial charge in [0, 0.05) is 6.04 Å². The molecule has 2 N–H and O–H groups in total. The van der Waals surface area contributed by atoms with Gasteiger partial charge < -0.3 is 10.4 Å². The maximum absolute atomic E-state index is 13.9. The summed E-state index contributed by atoms with van der Waals surface area (Å²) >= 11 is 0. The van der Waals surface area contributed by atoms with Crippen molar-refractivity contribution < 1.29 is 32.3 Å². The third-order valence-corrected chi connectivity index (χ3v) is 3.27. The minimum Gasteiger partial charge on any atom is -0.481 e. The molecule has 0 aliphatic carbocycles. The van der Waals surface area contributed by atoms with Gasteiger partial charge in [-0.1, -0.05) is 12.1 Å². The molecule has 0 heterocycles. The lowest BCUT2D eigenvalue weighted by atomic mass is 10.0. The van der Waals surface area contributed by atoms with Gasteiger partial charge in [0.05, 0.1) is 11.5 Å². The van der Waals surface area contributed by atoms with E-state index in [-0.39, 0.29) is 5.56 Å². The van der Waals surface area contributed by atoms with Gasteiger partial charge in [-0.15, -0.1) is 0 Å². The van der Waals surface area contributed by atoms with Crippen molar-refractivity contribution in [1.82, 2.24) is 5.32 Å². The van der Waals surface area contributed by atoms with Gasteiger partial charge in [0.2, 0.25) is 6.17 Å². The molecule has 1 aromatic rings. The lowest BCUT2D eigenvalue weighted by Gasteiger charge is -2.19. The lowest BCUT2D eigenvalue weighted by molar-refractivity contribution is -0.142. The van der Waals surface area contributed by atoms with Gasteiger partial charge in [0.15, 0.2) is 0 Å². The SMILES string of the molecule is CC(NC(=O)C(F)c1ccc(C(F)(F)F)cc1)C(C)C(=O)O. The first-order valence-corrected chi connectivity index (χ1v) is 6.38. The molecule has 0 aliphatic rings. The summed E-state index contributed by atoms with van der Waals surface area (Å²) in [6, 6.07) is 2.28. The Labute approximate surface area is 124 Å². The number of halogens is 4. The summed E-state index contributed by atoms with van der Waals surface area (Å²) in [4.78, 5) is 22.4. The normalized spacial score (nSPS) is 15.7. The first kappa shape index (κ1) is 17.9. The molecule has 3 atom stereocenters. The average Bonchev–Trinajstić information content (AvgIpc) is 2.44. The van der Waals surface area contributed by atoms with Gasteiger partial charge in [0.1, 0.15) is 0 Å². The van der Waals surface area contributed by atoms with Crippen LogP contribution < -0.4 is 5.32 Å². The number of carboxylic acid groups (broad SMARTS) is 1. The van der Waals surface area contributed by atoms with Crippen molar-refractivity contribution in [3.63, 3.8) is 0 Å². The highest BCUT2D eigenvalue weighted by molar-refractivity contribution is 5.83. The van der Waals surface area contributed by atoms with Crippen LogP contribution >= 0.6 is 0 Å².